The summed E-state index contributed by atoms with van der Waals surface area (Å²) in [6, 6.07) is 6.57. The van der Waals surface area contributed by atoms with Crippen molar-refractivity contribution < 1.29 is 19.1 Å². The molecule has 0 aliphatic carbocycles. The quantitative estimate of drug-likeness (QED) is 0.604. The third kappa shape index (κ3) is 3.90. The van der Waals surface area contributed by atoms with Gasteiger partial charge in [-0.05, 0) is 12.1 Å². The number of carbonyl (C=O) groups is 2. The van der Waals surface area contributed by atoms with Gasteiger partial charge in [-0.25, -0.2) is 0 Å². The summed E-state index contributed by atoms with van der Waals surface area (Å²) >= 11 is 5.78. The zero-order valence-corrected chi connectivity index (χ0v) is 9.65. The van der Waals surface area contributed by atoms with E-state index in [1.807, 2.05) is 0 Å². The van der Waals surface area contributed by atoms with Crippen molar-refractivity contribution in [3.05, 3.63) is 34.9 Å². The van der Waals surface area contributed by atoms with Crippen LogP contribution >= 0.6 is 11.6 Å². The molecule has 0 N–H and O–H groups in total. The van der Waals surface area contributed by atoms with Gasteiger partial charge in [0.15, 0.2) is 0 Å². The molecule has 0 heterocycles. The molecule has 4 nitrogen and oxygen atoms in total. The van der Waals surface area contributed by atoms with Crippen molar-refractivity contribution in [1.82, 2.24) is 0 Å². The number of ether oxygens (including phenoxy) is 2. The van der Waals surface area contributed by atoms with E-state index in [-0.39, 0.29) is 0 Å². The van der Waals surface area contributed by atoms with Gasteiger partial charge in [-0.1, -0.05) is 23.7 Å². The molecule has 0 aromatic heterocycles. The third-order valence-electron chi connectivity index (χ3n) is 1.67. The average molecular weight is 243 g/mol. The molecule has 0 radical (unpaired) electrons. The molecule has 0 aliphatic heterocycles. The molecule has 5 heteroatoms. The van der Waals surface area contributed by atoms with Gasteiger partial charge >= 0.3 is 11.9 Å². The highest BCUT2D eigenvalue weighted by molar-refractivity contribution is 6.30. The number of hydrogen-bond donors (Lipinski definition) is 0. The molecule has 86 valence electrons. The maximum Gasteiger partial charge on any atom is 0.305 e. The molecule has 0 saturated carbocycles. The van der Waals surface area contributed by atoms with Crippen molar-refractivity contribution >= 4 is 23.5 Å². The Morgan fingerprint density at radius 1 is 1.19 bits per heavy atom. The number of halogens is 1. The van der Waals surface area contributed by atoms with E-state index in [1.54, 1.807) is 24.3 Å². The van der Waals surface area contributed by atoms with Gasteiger partial charge in [0.2, 0.25) is 0 Å². The van der Waals surface area contributed by atoms with E-state index >= 15 is 0 Å². The summed E-state index contributed by atoms with van der Waals surface area (Å²) in [6.07, 6.45) is -1.05. The molecule has 1 aromatic carbocycles. The van der Waals surface area contributed by atoms with Crippen LogP contribution in [-0.4, -0.2) is 11.9 Å². The van der Waals surface area contributed by atoms with Crippen LogP contribution in [0.2, 0.25) is 5.02 Å². The van der Waals surface area contributed by atoms with E-state index in [4.69, 9.17) is 21.1 Å². The Kier molecular flexibility index (Phi) is 4.31. The number of rotatable bonds is 3. The van der Waals surface area contributed by atoms with Gasteiger partial charge in [0.05, 0.1) is 0 Å². The summed E-state index contributed by atoms with van der Waals surface area (Å²) in [4.78, 5) is 21.7. The highest BCUT2D eigenvalue weighted by Crippen LogP contribution is 2.22. The van der Waals surface area contributed by atoms with E-state index < -0.39 is 18.2 Å². The molecule has 0 amide bonds. The predicted molar refractivity (Wildman–Crippen MR) is 57.7 cm³/mol. The largest absolute Gasteiger partial charge is 0.421 e. The van der Waals surface area contributed by atoms with Crippen LogP contribution in [0.4, 0.5) is 0 Å². The number of esters is 2. The first-order valence-electron chi connectivity index (χ1n) is 4.59. The van der Waals surface area contributed by atoms with Crippen LogP contribution in [0.25, 0.3) is 0 Å². The number of carbonyl (C=O) groups excluding carboxylic acids is 2. The minimum atomic E-state index is -1.05. The van der Waals surface area contributed by atoms with Gasteiger partial charge in [0.25, 0.3) is 6.29 Å². The summed E-state index contributed by atoms with van der Waals surface area (Å²) in [5, 5.41) is 0.474. The fourth-order valence-electron chi connectivity index (χ4n) is 1.11. The topological polar surface area (TPSA) is 52.6 Å². The zero-order chi connectivity index (χ0) is 12.1. The van der Waals surface area contributed by atoms with E-state index in [1.165, 1.54) is 13.8 Å². The Bertz CT molecular complexity index is 387. The molecule has 0 spiro atoms. The van der Waals surface area contributed by atoms with Gasteiger partial charge in [0.1, 0.15) is 0 Å². The third-order valence-corrected chi connectivity index (χ3v) is 1.90. The van der Waals surface area contributed by atoms with Crippen molar-refractivity contribution in [3.63, 3.8) is 0 Å². The second kappa shape index (κ2) is 5.51. The second-order valence-electron chi connectivity index (χ2n) is 3.11. The SMILES string of the molecule is CC(=O)OC(OC(C)=O)c1cccc(Cl)c1. The van der Waals surface area contributed by atoms with Crippen molar-refractivity contribution in [2.24, 2.45) is 0 Å². The normalized spacial score (nSPS) is 10.0. The highest BCUT2D eigenvalue weighted by atomic mass is 35.5. The molecule has 0 unspecified atom stereocenters. The highest BCUT2D eigenvalue weighted by Gasteiger charge is 2.17. The standard InChI is InChI=1S/C11H11ClO4/c1-7(13)15-11(16-8(2)14)9-4-3-5-10(12)6-9/h3-6,11H,1-2H3. The lowest BCUT2D eigenvalue weighted by molar-refractivity contribution is -0.186. The minimum Gasteiger partial charge on any atom is -0.421 e. The van der Waals surface area contributed by atoms with E-state index in [2.05, 4.69) is 0 Å². The molecular weight excluding hydrogens is 232 g/mol. The van der Waals surface area contributed by atoms with Crippen LogP contribution in [0.5, 0.6) is 0 Å². The van der Waals surface area contributed by atoms with E-state index in [9.17, 15) is 9.59 Å². The molecule has 0 saturated heterocycles. The van der Waals surface area contributed by atoms with Gasteiger partial charge in [-0.3, -0.25) is 9.59 Å². The Morgan fingerprint density at radius 3 is 2.19 bits per heavy atom. The monoisotopic (exact) mass is 242 g/mol. The first-order chi connectivity index (χ1) is 7.49. The minimum absolute atomic E-state index is 0.474. The maximum atomic E-state index is 10.8. The van der Waals surface area contributed by atoms with Gasteiger partial charge in [-0.2, -0.15) is 0 Å². The molecule has 0 fully saturated rings. The lowest BCUT2D eigenvalue weighted by atomic mass is 10.2. The van der Waals surface area contributed by atoms with Crippen LogP contribution in [0.3, 0.4) is 0 Å². The Hall–Kier alpha value is -1.55. The van der Waals surface area contributed by atoms with Gasteiger partial charge in [-0.15, -0.1) is 0 Å². The second-order valence-corrected chi connectivity index (χ2v) is 3.54. The Balaban J connectivity index is 2.90. The van der Waals surface area contributed by atoms with Gasteiger partial charge in [0, 0.05) is 24.4 Å². The zero-order valence-electron chi connectivity index (χ0n) is 8.90. The fraction of sp³-hybridized carbons (Fsp3) is 0.273. The summed E-state index contributed by atoms with van der Waals surface area (Å²) in [6.45, 7) is 2.47. The molecule has 1 aromatic rings. The van der Waals surface area contributed by atoms with Crippen LogP contribution in [0.1, 0.15) is 25.7 Å². The van der Waals surface area contributed by atoms with Gasteiger partial charge < -0.3 is 9.47 Å². The lowest BCUT2D eigenvalue weighted by Crippen LogP contribution is -2.14. The summed E-state index contributed by atoms with van der Waals surface area (Å²) < 4.78 is 9.72. The van der Waals surface area contributed by atoms with Crippen LogP contribution in [0, 0.1) is 0 Å². The smallest absolute Gasteiger partial charge is 0.305 e. The van der Waals surface area contributed by atoms with Crippen molar-refractivity contribution in [2.45, 2.75) is 20.1 Å². The Labute approximate surface area is 98.1 Å². The summed E-state index contributed by atoms with van der Waals surface area (Å²) in [7, 11) is 0. The van der Waals surface area contributed by atoms with Crippen LogP contribution in [-0.2, 0) is 19.1 Å². The van der Waals surface area contributed by atoms with Crippen molar-refractivity contribution in [1.29, 1.82) is 0 Å². The first kappa shape index (κ1) is 12.5. The molecule has 0 bridgehead atoms. The van der Waals surface area contributed by atoms with E-state index in [0.717, 1.165) is 0 Å². The van der Waals surface area contributed by atoms with Crippen LogP contribution in [0.15, 0.2) is 24.3 Å². The number of hydrogen-bond acceptors (Lipinski definition) is 4. The molecule has 0 aliphatic rings. The summed E-state index contributed by atoms with van der Waals surface area (Å²) in [5.41, 5.74) is 0.512. The van der Waals surface area contributed by atoms with Crippen LogP contribution < -0.4 is 0 Å². The molecular formula is C11H11ClO4. The average Bonchev–Trinajstić information content (AvgIpc) is 2.15. The fourth-order valence-corrected chi connectivity index (χ4v) is 1.31. The Morgan fingerprint density at radius 2 is 1.75 bits per heavy atom. The van der Waals surface area contributed by atoms with Crippen molar-refractivity contribution in [3.8, 4) is 0 Å². The summed E-state index contributed by atoms with van der Waals surface area (Å²) in [5.74, 6) is -1.07. The lowest BCUT2D eigenvalue weighted by Gasteiger charge is -2.16. The molecule has 0 atom stereocenters. The number of benzene rings is 1. The van der Waals surface area contributed by atoms with E-state index in [0.29, 0.717) is 10.6 Å². The maximum absolute atomic E-state index is 10.8. The molecule has 16 heavy (non-hydrogen) atoms. The first-order valence-corrected chi connectivity index (χ1v) is 4.96. The predicted octanol–water partition coefficient (Wildman–Crippen LogP) is 2.46. The molecule has 1 rings (SSSR count). The van der Waals surface area contributed by atoms with Crippen molar-refractivity contribution in [2.75, 3.05) is 0 Å².